The third-order valence-corrected chi connectivity index (χ3v) is 9.85. The number of hydrogen-bond donors (Lipinski definition) is 1. The number of hydrogen-bond acceptors (Lipinski definition) is 3. The molecule has 5 rings (SSSR count). The van der Waals surface area contributed by atoms with Gasteiger partial charge in [0.15, 0.2) is 5.72 Å². The Morgan fingerprint density at radius 2 is 1.52 bits per heavy atom. The molecule has 3 fully saturated rings. The van der Waals surface area contributed by atoms with Crippen molar-refractivity contribution in [2.24, 2.45) is 22.7 Å². The molecular weight excluding hydrogens is 586 g/mol. The topological polar surface area (TPSA) is 60.9 Å². The average molecular weight is 623 g/mol. The van der Waals surface area contributed by atoms with E-state index in [-0.39, 0.29) is 19.0 Å². The van der Waals surface area contributed by atoms with Gasteiger partial charge < -0.3 is 5.11 Å². The summed E-state index contributed by atoms with van der Waals surface area (Å²) in [5.41, 5.74) is -3.37. The van der Waals surface area contributed by atoms with E-state index in [0.717, 1.165) is 29.2 Å². The second-order valence-corrected chi connectivity index (χ2v) is 13.3. The summed E-state index contributed by atoms with van der Waals surface area (Å²) in [6.45, 7) is 7.32. The number of nitrogens with zero attached hydrogens (tertiary/aromatic N) is 2. The van der Waals surface area contributed by atoms with Crippen LogP contribution >= 0.6 is 0 Å². The summed E-state index contributed by atoms with van der Waals surface area (Å²) in [4.78, 5) is 30.8. The smallest absolute Gasteiger partial charge is 0.369 e. The van der Waals surface area contributed by atoms with Gasteiger partial charge in [-0.15, -0.1) is 0 Å². The molecule has 11 heteroatoms. The van der Waals surface area contributed by atoms with Crippen LogP contribution in [-0.2, 0) is 23.6 Å². The molecule has 0 unspecified atom stereocenters. The van der Waals surface area contributed by atoms with E-state index in [9.17, 15) is 41.0 Å². The van der Waals surface area contributed by atoms with Crippen molar-refractivity contribution in [1.29, 1.82) is 0 Å². The maximum atomic E-state index is 14.2. The number of aliphatic hydroxyl groups is 1. The summed E-state index contributed by atoms with van der Waals surface area (Å²) < 4.78 is 78.3. The molecule has 2 saturated heterocycles. The summed E-state index contributed by atoms with van der Waals surface area (Å²) in [6.07, 6.45) is -5.58. The first kappa shape index (κ1) is 32.1. The standard InChI is InChI=1S/C33H36F6N2O3/c1-20(2)30-14-13-26-17-29(4,16-23-7-11-25(12-8-23)33(37,38)39)19-41(31(26,30)44)28(43)40(27(30)42)18-21(3)15-22-5-9-24(10-6-22)32(34,35)36/h5-12,15,20,26,44H,13-14,16-19H2,1-4H3/b21-15+/t26-,29-,30-,31-/m0/s1. The van der Waals surface area contributed by atoms with Crippen molar-refractivity contribution in [2.45, 2.75) is 71.5 Å². The van der Waals surface area contributed by atoms with Gasteiger partial charge in [-0.3, -0.25) is 14.6 Å². The van der Waals surface area contributed by atoms with Gasteiger partial charge in [-0.2, -0.15) is 26.3 Å². The Bertz CT molecular complexity index is 1470. The van der Waals surface area contributed by atoms with Gasteiger partial charge in [0, 0.05) is 12.5 Å². The molecule has 4 atom stereocenters. The lowest BCUT2D eigenvalue weighted by atomic mass is 9.61. The summed E-state index contributed by atoms with van der Waals surface area (Å²) in [7, 11) is 0. The van der Waals surface area contributed by atoms with Gasteiger partial charge in [-0.25, -0.2) is 4.79 Å². The number of benzene rings is 2. The highest BCUT2D eigenvalue weighted by Crippen LogP contribution is 2.64. The Kier molecular flexibility index (Phi) is 7.75. The Hall–Kier alpha value is -3.34. The quantitative estimate of drug-likeness (QED) is 0.335. The molecule has 1 aliphatic carbocycles. The van der Waals surface area contributed by atoms with E-state index in [0.29, 0.717) is 42.4 Å². The lowest BCUT2D eigenvalue weighted by molar-refractivity contribution is -0.244. The van der Waals surface area contributed by atoms with Gasteiger partial charge in [-0.05, 0) is 79.3 Å². The van der Waals surface area contributed by atoms with Crippen LogP contribution < -0.4 is 0 Å². The van der Waals surface area contributed by atoms with E-state index < -0.39 is 57.9 Å². The van der Waals surface area contributed by atoms with Gasteiger partial charge in [-0.1, -0.05) is 56.7 Å². The summed E-state index contributed by atoms with van der Waals surface area (Å²) >= 11 is 0. The van der Waals surface area contributed by atoms with Crippen LogP contribution in [0.3, 0.4) is 0 Å². The first-order valence-electron chi connectivity index (χ1n) is 14.7. The molecule has 3 amide bonds. The Balaban J connectivity index is 1.45. The minimum absolute atomic E-state index is 0.0970. The summed E-state index contributed by atoms with van der Waals surface area (Å²) in [5.74, 6) is -1.19. The predicted molar refractivity (Wildman–Crippen MR) is 152 cm³/mol. The van der Waals surface area contributed by atoms with Gasteiger partial charge in [0.1, 0.15) is 5.41 Å². The predicted octanol–water partition coefficient (Wildman–Crippen LogP) is 7.79. The van der Waals surface area contributed by atoms with Crippen LogP contribution in [0, 0.1) is 22.7 Å². The third kappa shape index (κ3) is 5.20. The monoisotopic (exact) mass is 622 g/mol. The highest BCUT2D eigenvalue weighted by molar-refractivity contribution is 6.02. The largest absolute Gasteiger partial charge is 0.416 e. The van der Waals surface area contributed by atoms with Gasteiger partial charge in [0.2, 0.25) is 5.91 Å². The molecule has 0 radical (unpaired) electrons. The molecule has 0 spiro atoms. The lowest BCUT2D eigenvalue weighted by Gasteiger charge is -2.62. The number of alkyl halides is 6. The number of piperidine rings is 1. The Labute approximate surface area is 252 Å². The SMILES string of the molecule is C/C(=C\c1ccc(C(F)(F)F)cc1)CN1C(=O)N2C[C@@](C)(Cc3ccc(C(F)(F)F)cc3)C[C@@H]3CC[C@](C(C)C)(C1=O)[C@@]32O. The Morgan fingerprint density at radius 1 is 0.977 bits per heavy atom. The molecule has 44 heavy (non-hydrogen) atoms. The van der Waals surface area contributed by atoms with E-state index in [2.05, 4.69) is 0 Å². The molecule has 238 valence electrons. The fourth-order valence-corrected chi connectivity index (χ4v) is 7.85. The maximum absolute atomic E-state index is 14.2. The van der Waals surface area contributed by atoms with Crippen LogP contribution in [0.15, 0.2) is 54.1 Å². The van der Waals surface area contributed by atoms with E-state index in [4.69, 9.17) is 0 Å². The molecule has 2 heterocycles. The normalized spacial score (nSPS) is 29.5. The zero-order valence-corrected chi connectivity index (χ0v) is 25.0. The zero-order valence-electron chi connectivity index (χ0n) is 25.0. The van der Waals surface area contributed by atoms with Crippen LogP contribution in [-0.4, -0.2) is 45.7 Å². The minimum atomic E-state index is -4.47. The van der Waals surface area contributed by atoms with E-state index in [1.54, 1.807) is 13.0 Å². The van der Waals surface area contributed by atoms with Gasteiger partial charge in [0.05, 0.1) is 17.7 Å². The number of urea groups is 1. The van der Waals surface area contributed by atoms with Crippen molar-refractivity contribution in [1.82, 2.24) is 9.80 Å². The van der Waals surface area contributed by atoms with Gasteiger partial charge >= 0.3 is 18.4 Å². The molecular formula is C33H36F6N2O3. The molecule has 1 N–H and O–H groups in total. The fourth-order valence-electron chi connectivity index (χ4n) is 7.85. The molecule has 3 aliphatic rings. The summed E-state index contributed by atoms with van der Waals surface area (Å²) in [5, 5.41) is 12.4. The number of carbonyl (C=O) groups excluding carboxylic acids is 2. The molecule has 2 aromatic carbocycles. The van der Waals surface area contributed by atoms with E-state index >= 15 is 0 Å². The first-order chi connectivity index (χ1) is 20.3. The van der Waals surface area contributed by atoms with Crippen molar-refractivity contribution < 1.29 is 41.0 Å². The summed E-state index contributed by atoms with van der Waals surface area (Å²) in [6, 6.07) is 8.86. The van der Waals surface area contributed by atoms with Crippen molar-refractivity contribution >= 4 is 18.0 Å². The van der Waals surface area contributed by atoms with Crippen LogP contribution in [0.2, 0.25) is 0 Å². The van der Waals surface area contributed by atoms with Crippen molar-refractivity contribution in [3.05, 3.63) is 76.4 Å². The highest BCUT2D eigenvalue weighted by atomic mass is 19.4. The minimum Gasteiger partial charge on any atom is -0.369 e. The van der Waals surface area contributed by atoms with Crippen LogP contribution in [0.1, 0.15) is 69.2 Å². The van der Waals surface area contributed by atoms with Crippen LogP contribution in [0.5, 0.6) is 0 Å². The second kappa shape index (κ2) is 10.6. The molecule has 0 bridgehead atoms. The Morgan fingerprint density at radius 3 is 2.05 bits per heavy atom. The van der Waals surface area contributed by atoms with Gasteiger partial charge in [0.25, 0.3) is 0 Å². The molecule has 5 nitrogen and oxygen atoms in total. The third-order valence-electron chi connectivity index (χ3n) is 9.85. The fraction of sp³-hybridized carbons (Fsp3) is 0.515. The molecule has 0 aromatic heterocycles. The number of imide groups is 1. The number of amides is 3. The van der Waals surface area contributed by atoms with E-state index in [1.165, 1.54) is 29.2 Å². The molecule has 2 aliphatic heterocycles. The molecule has 1 saturated carbocycles. The van der Waals surface area contributed by atoms with Crippen molar-refractivity contribution in [3.8, 4) is 0 Å². The zero-order chi connectivity index (χ0) is 32.5. The molecule has 2 aromatic rings. The van der Waals surface area contributed by atoms with Crippen LogP contribution in [0.25, 0.3) is 6.08 Å². The van der Waals surface area contributed by atoms with Crippen molar-refractivity contribution in [2.75, 3.05) is 13.1 Å². The number of carbonyl (C=O) groups is 2. The average Bonchev–Trinajstić information content (AvgIpc) is 3.23. The van der Waals surface area contributed by atoms with E-state index in [1.807, 2.05) is 20.8 Å². The number of rotatable bonds is 6. The van der Waals surface area contributed by atoms with Crippen LogP contribution in [0.4, 0.5) is 31.1 Å². The maximum Gasteiger partial charge on any atom is 0.416 e. The second-order valence-electron chi connectivity index (χ2n) is 13.3. The first-order valence-corrected chi connectivity index (χ1v) is 14.7. The number of halogens is 6. The lowest BCUT2D eigenvalue weighted by Crippen LogP contribution is -2.78. The highest BCUT2D eigenvalue weighted by Gasteiger charge is 2.74. The van der Waals surface area contributed by atoms with Crippen molar-refractivity contribution in [3.63, 3.8) is 0 Å².